The van der Waals surface area contributed by atoms with Crippen molar-refractivity contribution in [1.82, 2.24) is 9.97 Å². The number of halogens is 1. The van der Waals surface area contributed by atoms with Crippen LogP contribution >= 0.6 is 11.6 Å². The van der Waals surface area contributed by atoms with E-state index in [0.717, 1.165) is 24.5 Å². The number of rotatable bonds is 2. The average molecular weight is 304 g/mol. The van der Waals surface area contributed by atoms with Crippen molar-refractivity contribution in [2.75, 3.05) is 18.0 Å². The van der Waals surface area contributed by atoms with Crippen LogP contribution in [-0.4, -0.2) is 35.3 Å². The maximum Gasteiger partial charge on any atom is 0.163 e. The highest BCUT2D eigenvalue weighted by Crippen LogP contribution is 2.24. The molecular formula is C16H18ClN3O. The average Bonchev–Trinajstić information content (AvgIpc) is 2.46. The van der Waals surface area contributed by atoms with E-state index in [1.54, 1.807) is 0 Å². The molecule has 0 radical (unpaired) electrons. The van der Waals surface area contributed by atoms with Gasteiger partial charge in [0.15, 0.2) is 5.82 Å². The van der Waals surface area contributed by atoms with Crippen LogP contribution in [0.3, 0.4) is 0 Å². The van der Waals surface area contributed by atoms with Crippen LogP contribution in [0.4, 0.5) is 5.82 Å². The molecule has 0 N–H and O–H groups in total. The SMILES string of the molecule is CC1CN(c2cc(Cl)nc(-c3ccccc3)n2)CC(C)O1. The molecule has 3 rings (SSSR count). The number of hydrogen-bond acceptors (Lipinski definition) is 4. The summed E-state index contributed by atoms with van der Waals surface area (Å²) in [5.41, 5.74) is 0.968. The molecule has 5 heteroatoms. The molecule has 0 spiro atoms. The Morgan fingerprint density at radius 3 is 2.43 bits per heavy atom. The molecule has 1 aromatic heterocycles. The van der Waals surface area contributed by atoms with Gasteiger partial charge in [-0.2, -0.15) is 0 Å². The fourth-order valence-electron chi connectivity index (χ4n) is 2.65. The van der Waals surface area contributed by atoms with Crippen LogP contribution in [0.1, 0.15) is 13.8 Å². The van der Waals surface area contributed by atoms with E-state index in [0.29, 0.717) is 11.0 Å². The summed E-state index contributed by atoms with van der Waals surface area (Å²) in [7, 11) is 0. The number of benzene rings is 1. The fourth-order valence-corrected chi connectivity index (χ4v) is 2.83. The van der Waals surface area contributed by atoms with Gasteiger partial charge in [0.2, 0.25) is 0 Å². The predicted octanol–water partition coefficient (Wildman–Crippen LogP) is 3.41. The van der Waals surface area contributed by atoms with Crippen LogP contribution in [0.2, 0.25) is 5.15 Å². The van der Waals surface area contributed by atoms with Crippen LogP contribution in [0.25, 0.3) is 11.4 Å². The Morgan fingerprint density at radius 1 is 1.10 bits per heavy atom. The highest BCUT2D eigenvalue weighted by atomic mass is 35.5. The minimum absolute atomic E-state index is 0.183. The van der Waals surface area contributed by atoms with Crippen molar-refractivity contribution in [2.24, 2.45) is 0 Å². The first-order valence-electron chi connectivity index (χ1n) is 7.12. The molecular weight excluding hydrogens is 286 g/mol. The maximum atomic E-state index is 6.18. The molecule has 21 heavy (non-hydrogen) atoms. The van der Waals surface area contributed by atoms with E-state index in [1.165, 1.54) is 0 Å². The standard InChI is InChI=1S/C16H18ClN3O/c1-11-9-20(10-12(2)21-11)15-8-14(17)18-16(19-15)13-6-4-3-5-7-13/h3-8,11-12H,9-10H2,1-2H3. The van der Waals surface area contributed by atoms with E-state index in [1.807, 2.05) is 36.4 Å². The van der Waals surface area contributed by atoms with Crippen LogP contribution in [0.5, 0.6) is 0 Å². The molecule has 2 aromatic rings. The molecule has 1 fully saturated rings. The topological polar surface area (TPSA) is 38.2 Å². The van der Waals surface area contributed by atoms with E-state index < -0.39 is 0 Å². The summed E-state index contributed by atoms with van der Waals surface area (Å²) in [5, 5.41) is 0.464. The van der Waals surface area contributed by atoms with Crippen molar-refractivity contribution < 1.29 is 4.74 Å². The van der Waals surface area contributed by atoms with Crippen molar-refractivity contribution >= 4 is 17.4 Å². The maximum absolute atomic E-state index is 6.18. The number of anilines is 1. The third-order valence-electron chi connectivity index (χ3n) is 3.46. The number of ether oxygens (including phenoxy) is 1. The summed E-state index contributed by atoms with van der Waals surface area (Å²) in [4.78, 5) is 11.2. The molecule has 0 aliphatic carbocycles. The number of nitrogens with zero attached hydrogens (tertiary/aromatic N) is 3. The molecule has 0 amide bonds. The molecule has 110 valence electrons. The van der Waals surface area contributed by atoms with Gasteiger partial charge in [-0.3, -0.25) is 0 Å². The quantitative estimate of drug-likeness (QED) is 0.797. The summed E-state index contributed by atoms with van der Waals surface area (Å²) >= 11 is 6.18. The Bertz CT molecular complexity index is 610. The second-order valence-electron chi connectivity index (χ2n) is 5.40. The van der Waals surface area contributed by atoms with Gasteiger partial charge < -0.3 is 9.64 Å². The first-order chi connectivity index (χ1) is 10.1. The Morgan fingerprint density at radius 2 is 1.76 bits per heavy atom. The summed E-state index contributed by atoms with van der Waals surface area (Å²) in [6, 6.07) is 11.7. The molecule has 1 aliphatic rings. The number of aromatic nitrogens is 2. The zero-order valence-electron chi connectivity index (χ0n) is 12.2. The third-order valence-corrected chi connectivity index (χ3v) is 3.65. The van der Waals surface area contributed by atoms with Crippen LogP contribution in [0.15, 0.2) is 36.4 Å². The van der Waals surface area contributed by atoms with Gasteiger partial charge in [0.25, 0.3) is 0 Å². The van der Waals surface area contributed by atoms with Gasteiger partial charge in [-0.05, 0) is 13.8 Å². The van der Waals surface area contributed by atoms with Crippen LogP contribution < -0.4 is 4.90 Å². The largest absolute Gasteiger partial charge is 0.372 e. The molecule has 0 saturated carbocycles. The lowest BCUT2D eigenvalue weighted by Gasteiger charge is -2.36. The van der Waals surface area contributed by atoms with E-state index in [-0.39, 0.29) is 12.2 Å². The zero-order chi connectivity index (χ0) is 14.8. The first kappa shape index (κ1) is 14.3. The molecule has 1 aliphatic heterocycles. The third kappa shape index (κ3) is 3.34. The van der Waals surface area contributed by atoms with Crippen molar-refractivity contribution in [3.63, 3.8) is 0 Å². The van der Waals surface area contributed by atoms with Gasteiger partial charge in [0.1, 0.15) is 11.0 Å². The Labute approximate surface area is 129 Å². The zero-order valence-corrected chi connectivity index (χ0v) is 12.9. The fraction of sp³-hybridized carbons (Fsp3) is 0.375. The van der Waals surface area contributed by atoms with Crippen molar-refractivity contribution in [3.8, 4) is 11.4 Å². The molecule has 1 saturated heterocycles. The minimum Gasteiger partial charge on any atom is -0.372 e. The van der Waals surface area contributed by atoms with Crippen LogP contribution in [0, 0.1) is 0 Å². The van der Waals surface area contributed by atoms with Gasteiger partial charge in [0, 0.05) is 24.7 Å². The lowest BCUT2D eigenvalue weighted by molar-refractivity contribution is -0.00546. The predicted molar refractivity (Wildman–Crippen MR) is 84.7 cm³/mol. The van der Waals surface area contributed by atoms with Gasteiger partial charge in [-0.15, -0.1) is 0 Å². The summed E-state index contributed by atoms with van der Waals surface area (Å²) in [5.74, 6) is 1.51. The smallest absolute Gasteiger partial charge is 0.163 e. The van der Waals surface area contributed by atoms with E-state index in [9.17, 15) is 0 Å². The second-order valence-corrected chi connectivity index (χ2v) is 5.79. The summed E-state index contributed by atoms with van der Waals surface area (Å²) in [6.07, 6.45) is 0.366. The lowest BCUT2D eigenvalue weighted by Crippen LogP contribution is -2.45. The van der Waals surface area contributed by atoms with E-state index in [2.05, 4.69) is 28.7 Å². The van der Waals surface area contributed by atoms with E-state index >= 15 is 0 Å². The Balaban J connectivity index is 1.94. The molecule has 1 aromatic carbocycles. The molecule has 4 nitrogen and oxygen atoms in total. The van der Waals surface area contributed by atoms with Gasteiger partial charge >= 0.3 is 0 Å². The van der Waals surface area contributed by atoms with Gasteiger partial charge in [0.05, 0.1) is 12.2 Å². The van der Waals surface area contributed by atoms with Crippen LogP contribution in [-0.2, 0) is 4.74 Å². The molecule has 2 heterocycles. The highest BCUT2D eigenvalue weighted by Gasteiger charge is 2.24. The lowest BCUT2D eigenvalue weighted by atomic mass is 10.2. The van der Waals surface area contributed by atoms with E-state index in [4.69, 9.17) is 16.3 Å². The molecule has 0 bridgehead atoms. The summed E-state index contributed by atoms with van der Waals surface area (Å²) in [6.45, 7) is 5.77. The normalized spacial score (nSPS) is 22.3. The van der Waals surface area contributed by atoms with Crippen molar-refractivity contribution in [2.45, 2.75) is 26.1 Å². The first-order valence-corrected chi connectivity index (χ1v) is 7.50. The summed E-state index contributed by atoms with van der Waals surface area (Å²) < 4.78 is 5.76. The minimum atomic E-state index is 0.183. The molecule has 2 unspecified atom stereocenters. The molecule has 2 atom stereocenters. The Kier molecular flexibility index (Phi) is 4.08. The van der Waals surface area contributed by atoms with Crippen molar-refractivity contribution in [1.29, 1.82) is 0 Å². The van der Waals surface area contributed by atoms with Gasteiger partial charge in [-0.1, -0.05) is 41.9 Å². The van der Waals surface area contributed by atoms with Gasteiger partial charge in [-0.25, -0.2) is 9.97 Å². The van der Waals surface area contributed by atoms with Crippen molar-refractivity contribution in [3.05, 3.63) is 41.6 Å². The number of morpholine rings is 1. The second kappa shape index (κ2) is 6.00. The number of hydrogen-bond donors (Lipinski definition) is 0. The monoisotopic (exact) mass is 303 g/mol. The highest BCUT2D eigenvalue weighted by molar-refractivity contribution is 6.29. The Hall–Kier alpha value is -1.65.